The molecule has 0 saturated carbocycles. The van der Waals surface area contributed by atoms with Crippen molar-refractivity contribution in [2.75, 3.05) is 19.6 Å². The quantitative estimate of drug-likeness (QED) is 0.676. The number of alkyl carbamates (subject to hydrolysis) is 1. The van der Waals surface area contributed by atoms with Crippen molar-refractivity contribution >= 4 is 44.9 Å². The summed E-state index contributed by atoms with van der Waals surface area (Å²) in [5.74, 6) is 0.256. The Morgan fingerprint density at radius 3 is 2.42 bits per heavy atom. The third-order valence-electron chi connectivity index (χ3n) is 5.85. The highest BCUT2D eigenvalue weighted by Crippen LogP contribution is 2.26. The van der Waals surface area contributed by atoms with Crippen LogP contribution in [0.3, 0.4) is 0 Å². The number of nitrogens with zero attached hydrogens (tertiary/aromatic N) is 2. The minimum atomic E-state index is -0.533. The van der Waals surface area contributed by atoms with Gasteiger partial charge in [0, 0.05) is 32.6 Å². The van der Waals surface area contributed by atoms with E-state index >= 15 is 0 Å². The lowest BCUT2D eigenvalue weighted by Crippen LogP contribution is -2.51. The fraction of sp³-hybridized carbons (Fsp3) is 0.625. The van der Waals surface area contributed by atoms with E-state index in [0.29, 0.717) is 39.0 Å². The Bertz CT molecular complexity index is 811. The fourth-order valence-electron chi connectivity index (χ4n) is 4.26. The SMILES string of the molecule is Cc1ccc(CN2C(=O)CC[C@H]2C(=O)N2CCC[C@@H](CNC(=O)OC(C)(C)C)C2)cc1.S.S. The fourth-order valence-corrected chi connectivity index (χ4v) is 4.26. The summed E-state index contributed by atoms with van der Waals surface area (Å²) in [5, 5.41) is 2.83. The first-order chi connectivity index (χ1) is 14.6. The summed E-state index contributed by atoms with van der Waals surface area (Å²) in [6.07, 6.45) is 2.41. The van der Waals surface area contributed by atoms with Gasteiger partial charge in [0.15, 0.2) is 0 Å². The number of nitrogens with one attached hydrogen (secondary N) is 1. The number of benzene rings is 1. The van der Waals surface area contributed by atoms with E-state index in [-0.39, 0.29) is 44.7 Å². The number of ether oxygens (including phenoxy) is 1. The summed E-state index contributed by atoms with van der Waals surface area (Å²) >= 11 is 0. The van der Waals surface area contributed by atoms with E-state index in [4.69, 9.17) is 4.74 Å². The Kier molecular flexibility index (Phi) is 11.1. The van der Waals surface area contributed by atoms with Crippen LogP contribution in [0.4, 0.5) is 4.79 Å². The van der Waals surface area contributed by atoms with Gasteiger partial charge in [-0.05, 0) is 58.4 Å². The molecule has 9 heteroatoms. The summed E-state index contributed by atoms with van der Waals surface area (Å²) in [7, 11) is 0. The van der Waals surface area contributed by atoms with Crippen LogP contribution in [0, 0.1) is 12.8 Å². The maximum atomic E-state index is 13.3. The van der Waals surface area contributed by atoms with Gasteiger partial charge in [-0.2, -0.15) is 27.0 Å². The zero-order chi connectivity index (χ0) is 22.6. The van der Waals surface area contributed by atoms with Gasteiger partial charge in [-0.3, -0.25) is 9.59 Å². The third kappa shape index (κ3) is 8.45. The largest absolute Gasteiger partial charge is 0.444 e. The first kappa shape index (κ1) is 29.2. The van der Waals surface area contributed by atoms with Gasteiger partial charge in [0.2, 0.25) is 11.8 Å². The van der Waals surface area contributed by atoms with Crippen molar-refractivity contribution in [1.82, 2.24) is 15.1 Å². The van der Waals surface area contributed by atoms with Gasteiger partial charge in [-0.1, -0.05) is 29.8 Å². The summed E-state index contributed by atoms with van der Waals surface area (Å²) in [5.41, 5.74) is 1.68. The first-order valence-corrected chi connectivity index (χ1v) is 11.2. The van der Waals surface area contributed by atoms with Crippen molar-refractivity contribution in [2.45, 2.75) is 71.6 Å². The van der Waals surface area contributed by atoms with Crippen molar-refractivity contribution in [2.24, 2.45) is 5.92 Å². The standard InChI is InChI=1S/C24H35N3O4.2H2S/c1-17-7-9-18(10-8-17)16-27-20(11-12-21(27)28)22(29)26-13-5-6-19(15-26)14-25-23(30)31-24(2,3)4;;/h7-10,19-20H,5-6,11-16H2,1-4H3,(H,25,30);2*1H2/t19-,20-;;/m0../s1. The summed E-state index contributed by atoms with van der Waals surface area (Å²) in [6, 6.07) is 7.69. The van der Waals surface area contributed by atoms with Crippen LogP contribution in [0.2, 0.25) is 0 Å². The number of likely N-dealkylation sites (tertiary alicyclic amines) is 2. The molecule has 2 aliphatic rings. The highest BCUT2D eigenvalue weighted by molar-refractivity contribution is 7.59. The number of carbonyl (C=O) groups is 3. The Hall–Kier alpha value is -1.87. The van der Waals surface area contributed by atoms with Crippen molar-refractivity contribution in [3.8, 4) is 0 Å². The zero-order valence-electron chi connectivity index (χ0n) is 20.1. The molecule has 2 aliphatic heterocycles. The number of hydrogen-bond acceptors (Lipinski definition) is 4. The topological polar surface area (TPSA) is 79.0 Å². The van der Waals surface area contributed by atoms with Gasteiger partial charge >= 0.3 is 6.09 Å². The molecule has 0 radical (unpaired) electrons. The van der Waals surface area contributed by atoms with Gasteiger partial charge in [0.1, 0.15) is 11.6 Å². The highest BCUT2D eigenvalue weighted by atomic mass is 32.1. The van der Waals surface area contributed by atoms with E-state index in [1.807, 2.05) is 56.9 Å². The van der Waals surface area contributed by atoms with Crippen molar-refractivity contribution in [3.63, 3.8) is 0 Å². The molecule has 2 fully saturated rings. The van der Waals surface area contributed by atoms with Gasteiger partial charge < -0.3 is 19.9 Å². The smallest absolute Gasteiger partial charge is 0.407 e. The molecule has 1 aromatic rings. The molecular weight excluding hydrogens is 458 g/mol. The molecule has 2 saturated heterocycles. The monoisotopic (exact) mass is 497 g/mol. The van der Waals surface area contributed by atoms with E-state index in [1.165, 1.54) is 5.56 Å². The van der Waals surface area contributed by atoms with Crippen molar-refractivity contribution in [1.29, 1.82) is 0 Å². The van der Waals surface area contributed by atoms with Crippen LogP contribution < -0.4 is 5.32 Å². The number of hydrogen-bond donors (Lipinski definition) is 1. The minimum absolute atomic E-state index is 0. The lowest BCUT2D eigenvalue weighted by molar-refractivity contribution is -0.143. The molecule has 0 spiro atoms. The Labute approximate surface area is 211 Å². The first-order valence-electron chi connectivity index (χ1n) is 11.2. The molecule has 33 heavy (non-hydrogen) atoms. The van der Waals surface area contributed by atoms with Gasteiger partial charge in [-0.25, -0.2) is 4.79 Å². The normalized spacial score (nSPS) is 20.5. The van der Waals surface area contributed by atoms with Crippen molar-refractivity contribution in [3.05, 3.63) is 35.4 Å². The summed E-state index contributed by atoms with van der Waals surface area (Å²) in [6.45, 7) is 9.77. The zero-order valence-corrected chi connectivity index (χ0v) is 22.1. The van der Waals surface area contributed by atoms with Crippen molar-refractivity contribution < 1.29 is 19.1 Å². The van der Waals surface area contributed by atoms with Crippen LogP contribution in [0.5, 0.6) is 0 Å². The molecule has 186 valence electrons. The lowest BCUT2D eigenvalue weighted by atomic mass is 9.97. The summed E-state index contributed by atoms with van der Waals surface area (Å²) < 4.78 is 5.30. The van der Waals surface area contributed by atoms with E-state index < -0.39 is 17.7 Å². The maximum Gasteiger partial charge on any atom is 0.407 e. The van der Waals surface area contributed by atoms with E-state index in [1.54, 1.807) is 4.90 Å². The van der Waals surface area contributed by atoms with Gasteiger partial charge in [0.05, 0.1) is 0 Å². The Morgan fingerprint density at radius 2 is 1.79 bits per heavy atom. The molecule has 0 aliphatic carbocycles. The predicted octanol–water partition coefficient (Wildman–Crippen LogP) is 3.47. The van der Waals surface area contributed by atoms with Crippen LogP contribution in [0.1, 0.15) is 57.6 Å². The second kappa shape index (κ2) is 12.6. The van der Waals surface area contributed by atoms with Crippen LogP contribution in [0.15, 0.2) is 24.3 Å². The molecule has 0 bridgehead atoms. The van der Waals surface area contributed by atoms with Crippen LogP contribution in [-0.4, -0.2) is 59.0 Å². The summed E-state index contributed by atoms with van der Waals surface area (Å²) in [4.78, 5) is 41.3. The molecule has 3 rings (SSSR count). The maximum absolute atomic E-state index is 13.3. The lowest BCUT2D eigenvalue weighted by Gasteiger charge is -2.36. The second-order valence-corrected chi connectivity index (χ2v) is 9.74. The van der Waals surface area contributed by atoms with Gasteiger partial charge in [0.25, 0.3) is 0 Å². The van der Waals surface area contributed by atoms with E-state index in [2.05, 4.69) is 5.32 Å². The number of amides is 3. The highest BCUT2D eigenvalue weighted by Gasteiger charge is 2.39. The van der Waals surface area contributed by atoms with Gasteiger partial charge in [-0.15, -0.1) is 0 Å². The van der Waals surface area contributed by atoms with Crippen LogP contribution >= 0.6 is 27.0 Å². The van der Waals surface area contributed by atoms with Crippen LogP contribution in [0.25, 0.3) is 0 Å². The number of carbonyl (C=O) groups excluding carboxylic acids is 3. The van der Waals surface area contributed by atoms with E-state index in [9.17, 15) is 14.4 Å². The number of rotatable bonds is 5. The molecule has 0 aromatic heterocycles. The molecule has 7 nitrogen and oxygen atoms in total. The van der Waals surface area contributed by atoms with Crippen LogP contribution in [-0.2, 0) is 20.9 Å². The molecule has 0 unspecified atom stereocenters. The van der Waals surface area contributed by atoms with E-state index in [0.717, 1.165) is 18.4 Å². The molecule has 2 atom stereocenters. The molecule has 2 heterocycles. The third-order valence-corrected chi connectivity index (χ3v) is 5.85. The number of aryl methyl sites for hydroxylation is 1. The molecule has 1 aromatic carbocycles. The average molecular weight is 498 g/mol. The molecule has 1 N–H and O–H groups in total. The predicted molar refractivity (Wildman–Crippen MR) is 139 cm³/mol. The number of piperidine rings is 1. The molecule has 3 amide bonds. The molecular formula is C24H39N3O4S2. The minimum Gasteiger partial charge on any atom is -0.444 e. The average Bonchev–Trinajstić information content (AvgIpc) is 3.07. The Balaban J connectivity index is 0.00000272. The second-order valence-electron chi connectivity index (χ2n) is 9.74. The Morgan fingerprint density at radius 1 is 1.12 bits per heavy atom.